The van der Waals surface area contributed by atoms with Gasteiger partial charge in [-0.2, -0.15) is 0 Å². The van der Waals surface area contributed by atoms with Crippen molar-refractivity contribution >= 4 is 35.8 Å². The van der Waals surface area contributed by atoms with Crippen LogP contribution in [0.5, 0.6) is 5.75 Å². The molecule has 1 heterocycles. The molecule has 0 bridgehead atoms. The van der Waals surface area contributed by atoms with Crippen LogP contribution in [0.15, 0.2) is 29.3 Å². The number of guanidine groups is 1. The molecule has 2 rings (SSSR count). The van der Waals surface area contributed by atoms with Gasteiger partial charge in [0, 0.05) is 39.2 Å². The molecule has 1 aromatic carbocycles. The number of nitrogens with one attached hydrogen (secondary N) is 2. The Labute approximate surface area is 189 Å². The minimum absolute atomic E-state index is 0. The molecule has 2 atom stereocenters. The standard InChI is InChI=1S/C20H31FN4O3.HI/c1-4-17(28-18-7-5-6-16(21)10-18)12-23-20(24-13-19(26)25(2)3)22-11-15-8-9-27-14-15;/h5-7,10,15,17H,4,8-9,11-14H2,1-3H3,(H2,22,23,24);1H. The monoisotopic (exact) mass is 522 g/mol. The zero-order valence-corrected chi connectivity index (χ0v) is 19.6. The van der Waals surface area contributed by atoms with Crippen LogP contribution in [0, 0.1) is 11.7 Å². The number of hydrogen-bond donors (Lipinski definition) is 2. The van der Waals surface area contributed by atoms with E-state index in [1.165, 1.54) is 17.0 Å². The van der Waals surface area contributed by atoms with Gasteiger partial charge in [0.1, 0.15) is 24.2 Å². The van der Waals surface area contributed by atoms with Crippen molar-refractivity contribution < 1.29 is 18.7 Å². The summed E-state index contributed by atoms with van der Waals surface area (Å²) < 4.78 is 24.6. The number of nitrogens with zero attached hydrogens (tertiary/aromatic N) is 2. The van der Waals surface area contributed by atoms with E-state index in [0.29, 0.717) is 24.2 Å². The van der Waals surface area contributed by atoms with Crippen molar-refractivity contribution in [2.75, 3.05) is 46.9 Å². The Hall–Kier alpha value is -1.62. The van der Waals surface area contributed by atoms with E-state index in [-0.39, 0.29) is 48.3 Å². The highest BCUT2D eigenvalue weighted by Crippen LogP contribution is 2.15. The Morgan fingerprint density at radius 2 is 2.21 bits per heavy atom. The second-order valence-electron chi connectivity index (χ2n) is 7.05. The van der Waals surface area contributed by atoms with Crippen molar-refractivity contribution in [3.8, 4) is 5.75 Å². The van der Waals surface area contributed by atoms with E-state index in [0.717, 1.165) is 32.6 Å². The molecule has 2 unspecified atom stereocenters. The quantitative estimate of drug-likeness (QED) is 0.296. The lowest BCUT2D eigenvalue weighted by Gasteiger charge is -2.21. The number of ether oxygens (including phenoxy) is 2. The van der Waals surface area contributed by atoms with Crippen molar-refractivity contribution in [2.45, 2.75) is 25.9 Å². The number of likely N-dealkylation sites (N-methyl/N-ethyl adjacent to an activating group) is 1. The van der Waals surface area contributed by atoms with Crippen molar-refractivity contribution in [1.82, 2.24) is 15.5 Å². The van der Waals surface area contributed by atoms with Crippen LogP contribution in [0.4, 0.5) is 4.39 Å². The highest BCUT2D eigenvalue weighted by Gasteiger charge is 2.17. The number of aliphatic imine (C=N–C) groups is 1. The number of hydrogen-bond acceptors (Lipinski definition) is 4. The first kappa shape index (κ1) is 25.4. The fourth-order valence-corrected chi connectivity index (χ4v) is 2.66. The molecule has 2 N–H and O–H groups in total. The number of benzene rings is 1. The van der Waals surface area contributed by atoms with Crippen LogP contribution >= 0.6 is 24.0 Å². The van der Waals surface area contributed by atoms with E-state index in [1.54, 1.807) is 26.2 Å². The summed E-state index contributed by atoms with van der Waals surface area (Å²) in [5.41, 5.74) is 0. The minimum Gasteiger partial charge on any atom is -0.489 e. The molecule has 1 aromatic rings. The summed E-state index contributed by atoms with van der Waals surface area (Å²) >= 11 is 0. The number of rotatable bonds is 9. The zero-order chi connectivity index (χ0) is 20.4. The predicted molar refractivity (Wildman–Crippen MR) is 122 cm³/mol. The summed E-state index contributed by atoms with van der Waals surface area (Å²) in [5, 5.41) is 6.51. The molecule has 0 aromatic heterocycles. The van der Waals surface area contributed by atoms with Crippen molar-refractivity contribution in [3.05, 3.63) is 30.1 Å². The van der Waals surface area contributed by atoms with Crippen LogP contribution in [0.1, 0.15) is 19.8 Å². The summed E-state index contributed by atoms with van der Waals surface area (Å²) in [7, 11) is 3.41. The average molecular weight is 522 g/mol. The SMILES string of the molecule is CCC(CNC(=NCC(=O)N(C)C)NCC1CCOC1)Oc1cccc(F)c1.I. The van der Waals surface area contributed by atoms with Gasteiger partial charge in [-0.1, -0.05) is 13.0 Å². The molecule has 0 saturated carbocycles. The fraction of sp³-hybridized carbons (Fsp3) is 0.600. The lowest BCUT2D eigenvalue weighted by atomic mass is 10.1. The summed E-state index contributed by atoms with van der Waals surface area (Å²) in [5.74, 6) is 1.08. The highest BCUT2D eigenvalue weighted by atomic mass is 127. The van der Waals surface area contributed by atoms with Crippen molar-refractivity contribution in [2.24, 2.45) is 10.9 Å². The topological polar surface area (TPSA) is 75.2 Å². The molecule has 9 heteroatoms. The Morgan fingerprint density at radius 3 is 2.83 bits per heavy atom. The molecule has 1 aliphatic heterocycles. The maximum atomic E-state index is 13.4. The molecule has 1 aliphatic rings. The zero-order valence-electron chi connectivity index (χ0n) is 17.3. The van der Waals surface area contributed by atoms with Crippen LogP contribution in [-0.4, -0.2) is 69.8 Å². The lowest BCUT2D eigenvalue weighted by molar-refractivity contribution is -0.127. The molecule has 164 valence electrons. The van der Waals surface area contributed by atoms with Crippen molar-refractivity contribution in [3.63, 3.8) is 0 Å². The van der Waals surface area contributed by atoms with Gasteiger partial charge in [0.05, 0.1) is 13.2 Å². The predicted octanol–water partition coefficient (Wildman–Crippen LogP) is 2.26. The summed E-state index contributed by atoms with van der Waals surface area (Å²) in [6.07, 6.45) is 1.59. The van der Waals surface area contributed by atoms with Crippen LogP contribution in [0.3, 0.4) is 0 Å². The Bertz CT molecular complexity index is 654. The summed E-state index contributed by atoms with van der Waals surface area (Å²) in [4.78, 5) is 17.7. The summed E-state index contributed by atoms with van der Waals surface area (Å²) in [6, 6.07) is 6.10. The van der Waals surface area contributed by atoms with Crippen LogP contribution in [0.2, 0.25) is 0 Å². The Kier molecular flexibility index (Phi) is 11.9. The molecule has 7 nitrogen and oxygen atoms in total. The number of carbonyl (C=O) groups excluding carboxylic acids is 1. The molecule has 29 heavy (non-hydrogen) atoms. The molecule has 0 radical (unpaired) electrons. The first-order valence-corrected chi connectivity index (χ1v) is 9.70. The fourth-order valence-electron chi connectivity index (χ4n) is 2.66. The highest BCUT2D eigenvalue weighted by molar-refractivity contribution is 14.0. The van der Waals surface area contributed by atoms with Gasteiger partial charge in [-0.3, -0.25) is 4.79 Å². The Morgan fingerprint density at radius 1 is 1.41 bits per heavy atom. The maximum absolute atomic E-state index is 13.4. The number of halogens is 2. The van der Waals surface area contributed by atoms with Gasteiger partial charge in [-0.25, -0.2) is 9.38 Å². The second kappa shape index (κ2) is 13.6. The first-order valence-electron chi connectivity index (χ1n) is 9.70. The van der Waals surface area contributed by atoms with E-state index < -0.39 is 0 Å². The van der Waals surface area contributed by atoms with Gasteiger partial charge in [0.25, 0.3) is 0 Å². The Balaban J connectivity index is 0.00000420. The smallest absolute Gasteiger partial charge is 0.243 e. The van der Waals surface area contributed by atoms with Gasteiger partial charge in [-0.15, -0.1) is 24.0 Å². The number of amides is 1. The van der Waals surface area contributed by atoms with E-state index in [2.05, 4.69) is 15.6 Å². The second-order valence-corrected chi connectivity index (χ2v) is 7.05. The molecule has 0 aliphatic carbocycles. The molecule has 1 fully saturated rings. The van der Waals surface area contributed by atoms with E-state index in [9.17, 15) is 9.18 Å². The minimum atomic E-state index is -0.329. The molecule has 1 saturated heterocycles. The van der Waals surface area contributed by atoms with Crippen LogP contribution in [0.25, 0.3) is 0 Å². The van der Waals surface area contributed by atoms with Gasteiger partial charge in [0.15, 0.2) is 5.96 Å². The first-order chi connectivity index (χ1) is 13.5. The van der Waals surface area contributed by atoms with Gasteiger partial charge in [-0.05, 0) is 25.0 Å². The maximum Gasteiger partial charge on any atom is 0.243 e. The van der Waals surface area contributed by atoms with E-state index in [4.69, 9.17) is 9.47 Å². The normalized spacial score (nSPS) is 17.2. The third-order valence-corrected chi connectivity index (χ3v) is 4.50. The van der Waals surface area contributed by atoms with Crippen molar-refractivity contribution in [1.29, 1.82) is 0 Å². The summed E-state index contributed by atoms with van der Waals surface area (Å²) in [6.45, 7) is 4.79. The third kappa shape index (κ3) is 9.62. The third-order valence-electron chi connectivity index (χ3n) is 4.50. The molecule has 0 spiro atoms. The van der Waals surface area contributed by atoms with Gasteiger partial charge in [0.2, 0.25) is 5.91 Å². The largest absolute Gasteiger partial charge is 0.489 e. The average Bonchev–Trinajstić information content (AvgIpc) is 3.19. The van der Waals surface area contributed by atoms with E-state index >= 15 is 0 Å². The van der Waals surface area contributed by atoms with Crippen LogP contribution in [-0.2, 0) is 9.53 Å². The van der Waals surface area contributed by atoms with Gasteiger partial charge >= 0.3 is 0 Å². The lowest BCUT2D eigenvalue weighted by Crippen LogP contribution is -2.44. The molecular formula is C20H32FIN4O3. The number of carbonyl (C=O) groups is 1. The molecular weight excluding hydrogens is 490 g/mol. The molecule has 1 amide bonds. The van der Waals surface area contributed by atoms with Gasteiger partial charge < -0.3 is 25.0 Å². The van der Waals surface area contributed by atoms with Crippen LogP contribution < -0.4 is 15.4 Å². The van der Waals surface area contributed by atoms with E-state index in [1.807, 2.05) is 6.92 Å².